The van der Waals surface area contributed by atoms with Crippen molar-refractivity contribution in [3.63, 3.8) is 0 Å². The fourth-order valence-electron chi connectivity index (χ4n) is 0.989. The normalized spacial score (nSPS) is 10.7. The Morgan fingerprint density at radius 2 is 2.07 bits per heavy atom. The molecule has 5 nitrogen and oxygen atoms in total. The summed E-state index contributed by atoms with van der Waals surface area (Å²) < 4.78 is 0.970. The summed E-state index contributed by atoms with van der Waals surface area (Å²) in [5, 5.41) is 8.51. The van der Waals surface area contributed by atoms with Gasteiger partial charge in [0.2, 0.25) is 6.04 Å². The predicted octanol–water partition coefficient (Wildman–Crippen LogP) is 2.44. The summed E-state index contributed by atoms with van der Waals surface area (Å²) in [6.45, 7) is 3.30. The quantitative estimate of drug-likeness (QED) is 0.840. The van der Waals surface area contributed by atoms with Crippen molar-refractivity contribution in [3.05, 3.63) is 26.8 Å². The molecular formula is C8H9Cl2N2O3+. The lowest BCUT2D eigenvalue weighted by Gasteiger charge is -1.96. The molecule has 1 aromatic rings. The zero-order chi connectivity index (χ0) is 11.7. The number of hydrogen-bond acceptors (Lipinski definition) is 2. The molecule has 0 aliphatic carbocycles. The van der Waals surface area contributed by atoms with Gasteiger partial charge in [0.25, 0.3) is 0 Å². The van der Waals surface area contributed by atoms with E-state index in [0.717, 1.165) is 10.9 Å². The molecule has 15 heavy (non-hydrogen) atoms. The van der Waals surface area contributed by atoms with Gasteiger partial charge in [-0.2, -0.15) is 0 Å². The number of carboxylic acid groups (broad SMARTS) is 1. The van der Waals surface area contributed by atoms with Crippen LogP contribution in [0.3, 0.4) is 0 Å². The number of aromatic carboxylic acids is 1. The number of halogens is 2. The molecule has 1 rings (SSSR count). The molecule has 0 fully saturated rings. The van der Waals surface area contributed by atoms with Crippen LogP contribution in [0.1, 0.15) is 24.2 Å². The molecule has 0 aliphatic heterocycles. The van der Waals surface area contributed by atoms with Gasteiger partial charge in [-0.1, -0.05) is 27.9 Å². The second kappa shape index (κ2) is 4.20. The molecule has 1 aromatic heterocycles. The van der Waals surface area contributed by atoms with E-state index in [4.69, 9.17) is 28.3 Å². The van der Waals surface area contributed by atoms with Gasteiger partial charge in [-0.25, -0.2) is 4.79 Å². The third-order valence-electron chi connectivity index (χ3n) is 1.75. The minimum absolute atomic E-state index is 0.0993. The number of nitrogens with zero attached hydrogens (tertiary/aromatic N) is 2. The first kappa shape index (κ1) is 12.0. The Kier molecular flexibility index (Phi) is 3.36. The van der Waals surface area contributed by atoms with Gasteiger partial charge in [0, 0.05) is 13.8 Å². The smallest absolute Gasteiger partial charge is 0.339 e. The maximum atomic E-state index is 11.5. The Morgan fingerprint density at radius 3 is 2.40 bits per heavy atom. The molecule has 0 saturated carbocycles. The van der Waals surface area contributed by atoms with Crippen LogP contribution in [0, 0.1) is 4.91 Å². The first-order valence-electron chi connectivity index (χ1n) is 4.12. The molecular weight excluding hydrogens is 243 g/mol. The van der Waals surface area contributed by atoms with Crippen LogP contribution in [-0.4, -0.2) is 26.7 Å². The first-order valence-corrected chi connectivity index (χ1v) is 4.88. The van der Waals surface area contributed by atoms with E-state index in [1.165, 1.54) is 0 Å². The Bertz CT molecular complexity index is 426. The van der Waals surface area contributed by atoms with E-state index < -0.39 is 5.97 Å². The van der Waals surface area contributed by atoms with Crippen LogP contribution in [0.25, 0.3) is 0 Å². The van der Waals surface area contributed by atoms with Crippen molar-refractivity contribution >= 4 is 29.2 Å². The fourth-order valence-corrected chi connectivity index (χ4v) is 1.43. The molecule has 0 aliphatic rings. The maximum absolute atomic E-state index is 11.5. The summed E-state index contributed by atoms with van der Waals surface area (Å²) in [6, 6.07) is -0.368. The molecule has 0 radical (unpaired) electrons. The molecule has 0 atom stereocenters. The Hall–Kier alpha value is -1.07. The van der Waals surface area contributed by atoms with Crippen molar-refractivity contribution in [1.82, 2.24) is 4.68 Å². The van der Waals surface area contributed by atoms with Crippen LogP contribution >= 0.6 is 23.2 Å². The summed E-state index contributed by atoms with van der Waals surface area (Å²) >= 11 is 11.4. The summed E-state index contributed by atoms with van der Waals surface area (Å²) in [5.41, 5.74) is -0.192. The van der Waals surface area contributed by atoms with E-state index in [-0.39, 0.29) is 21.8 Å². The Morgan fingerprint density at radius 1 is 1.53 bits per heavy atom. The number of rotatable bonds is 3. The fraction of sp³-hybridized carbons (Fsp3) is 0.375. The van der Waals surface area contributed by atoms with E-state index in [2.05, 4.69) is 0 Å². The van der Waals surface area contributed by atoms with Crippen molar-refractivity contribution in [2.75, 3.05) is 0 Å². The van der Waals surface area contributed by atoms with Gasteiger partial charge in [-0.3, -0.25) is 0 Å². The van der Waals surface area contributed by atoms with E-state index >= 15 is 0 Å². The SMILES string of the molecule is CC(C)[N+](=O)n1cc(C(=O)O)c(Cl)c1Cl. The van der Waals surface area contributed by atoms with Crippen LogP contribution in [0.4, 0.5) is 0 Å². The van der Waals surface area contributed by atoms with Crippen LogP contribution in [-0.2, 0) is 0 Å². The van der Waals surface area contributed by atoms with Crippen molar-refractivity contribution in [2.24, 2.45) is 0 Å². The van der Waals surface area contributed by atoms with Crippen molar-refractivity contribution in [3.8, 4) is 0 Å². The second-order valence-electron chi connectivity index (χ2n) is 3.19. The van der Waals surface area contributed by atoms with Crippen LogP contribution in [0.15, 0.2) is 6.20 Å². The van der Waals surface area contributed by atoms with E-state index in [1.807, 2.05) is 0 Å². The molecule has 0 saturated heterocycles. The highest BCUT2D eigenvalue weighted by Crippen LogP contribution is 2.28. The van der Waals surface area contributed by atoms with Crippen molar-refractivity contribution in [1.29, 1.82) is 0 Å². The number of aromatic nitrogens is 1. The lowest BCUT2D eigenvalue weighted by Crippen LogP contribution is -2.22. The van der Waals surface area contributed by atoms with Gasteiger partial charge in [-0.05, 0) is 0 Å². The van der Waals surface area contributed by atoms with E-state index in [1.54, 1.807) is 13.8 Å². The number of carboxylic acids is 1. The standard InChI is InChI=1S/C8H8Cl2N2O3/c1-4(2)12(15)11-3-5(8(13)14)6(9)7(11)10/h3-4H,1-2H3/p+1. The summed E-state index contributed by atoms with van der Waals surface area (Å²) in [5.74, 6) is -1.22. The average molecular weight is 252 g/mol. The first-order chi connectivity index (χ1) is 6.86. The summed E-state index contributed by atoms with van der Waals surface area (Å²) in [6.07, 6.45) is 1.10. The molecule has 7 heteroatoms. The molecule has 1 N–H and O–H groups in total. The molecule has 1 heterocycles. The third-order valence-corrected chi connectivity index (χ3v) is 2.60. The van der Waals surface area contributed by atoms with E-state index in [0.29, 0.717) is 4.87 Å². The highest BCUT2D eigenvalue weighted by Gasteiger charge is 2.27. The van der Waals surface area contributed by atoms with Crippen molar-refractivity contribution < 1.29 is 14.8 Å². The van der Waals surface area contributed by atoms with E-state index in [9.17, 15) is 9.70 Å². The molecule has 0 amide bonds. The van der Waals surface area contributed by atoms with Crippen molar-refractivity contribution in [2.45, 2.75) is 19.9 Å². The minimum Gasteiger partial charge on any atom is -0.478 e. The molecule has 0 spiro atoms. The van der Waals surface area contributed by atoms with Gasteiger partial charge < -0.3 is 5.11 Å². The molecule has 0 unspecified atom stereocenters. The topological polar surface area (TPSA) is 62.3 Å². The highest BCUT2D eigenvalue weighted by atomic mass is 35.5. The Balaban J connectivity index is 3.28. The van der Waals surface area contributed by atoms with Crippen LogP contribution in [0.2, 0.25) is 10.2 Å². The van der Waals surface area contributed by atoms with Gasteiger partial charge in [0.05, 0.1) is 16.1 Å². The molecule has 0 bridgehead atoms. The third kappa shape index (κ3) is 2.13. The summed E-state index contributed by atoms with van der Waals surface area (Å²) in [7, 11) is 0. The van der Waals surface area contributed by atoms with Gasteiger partial charge in [0.1, 0.15) is 10.4 Å². The summed E-state index contributed by atoms with van der Waals surface area (Å²) in [4.78, 5) is 22.7. The largest absolute Gasteiger partial charge is 0.478 e. The predicted molar refractivity (Wildman–Crippen MR) is 55.6 cm³/mol. The number of hydrogen-bond donors (Lipinski definition) is 1. The van der Waals surface area contributed by atoms with Crippen LogP contribution in [0.5, 0.6) is 0 Å². The van der Waals surface area contributed by atoms with Gasteiger partial charge in [0.15, 0.2) is 5.15 Å². The number of nitroso groups, excluding NO2 is 1. The maximum Gasteiger partial charge on any atom is 0.339 e. The number of carbonyl (C=O) groups is 1. The zero-order valence-corrected chi connectivity index (χ0v) is 9.58. The Labute approximate surface area is 95.7 Å². The average Bonchev–Trinajstić information content (AvgIpc) is 2.43. The lowest BCUT2D eigenvalue weighted by molar-refractivity contribution is -0.632. The lowest BCUT2D eigenvalue weighted by atomic mass is 10.3. The monoisotopic (exact) mass is 251 g/mol. The highest BCUT2D eigenvalue weighted by molar-refractivity contribution is 6.43. The molecule has 0 aromatic carbocycles. The second-order valence-corrected chi connectivity index (χ2v) is 3.93. The van der Waals surface area contributed by atoms with Gasteiger partial charge >= 0.3 is 5.97 Å². The minimum atomic E-state index is -1.22. The van der Waals surface area contributed by atoms with Crippen LogP contribution < -0.4 is 0 Å². The zero-order valence-electron chi connectivity index (χ0n) is 8.07. The molecule has 82 valence electrons. The van der Waals surface area contributed by atoms with Gasteiger partial charge in [-0.15, -0.1) is 0 Å².